The highest BCUT2D eigenvalue weighted by molar-refractivity contribution is 5.78. The molecule has 0 unspecified atom stereocenters. The molecule has 4 aromatic rings. The van der Waals surface area contributed by atoms with Crippen LogP contribution in [-0.4, -0.2) is 56.7 Å². The first-order chi connectivity index (χ1) is 16.6. The molecular weight excluding hydrogens is 431 g/mol. The summed E-state index contributed by atoms with van der Waals surface area (Å²) in [6.07, 6.45) is 2.99. The molecule has 1 amide bonds. The quantitative estimate of drug-likeness (QED) is 0.457. The van der Waals surface area contributed by atoms with Gasteiger partial charge in [-0.15, -0.1) is 0 Å². The third-order valence-corrected chi connectivity index (χ3v) is 6.05. The predicted octanol–water partition coefficient (Wildman–Crippen LogP) is 3.80. The SMILES string of the molecule is Cc1cc(-c2cc(-c3ccccc3)n(CC(=O)N3CCN(c4ccccn4)CC3)n2)ncc1F. The summed E-state index contributed by atoms with van der Waals surface area (Å²) in [6, 6.07) is 19.2. The summed E-state index contributed by atoms with van der Waals surface area (Å²) < 4.78 is 15.5. The lowest BCUT2D eigenvalue weighted by atomic mass is 10.1. The Morgan fingerprint density at radius 2 is 1.71 bits per heavy atom. The van der Waals surface area contributed by atoms with Crippen LogP contribution < -0.4 is 4.90 Å². The summed E-state index contributed by atoms with van der Waals surface area (Å²) in [5, 5.41) is 4.69. The number of hydrogen-bond acceptors (Lipinski definition) is 5. The maximum absolute atomic E-state index is 13.7. The van der Waals surface area contributed by atoms with Gasteiger partial charge < -0.3 is 9.80 Å². The lowest BCUT2D eigenvalue weighted by Crippen LogP contribution is -2.49. The molecule has 1 aliphatic heterocycles. The van der Waals surface area contributed by atoms with Crippen LogP contribution in [0.3, 0.4) is 0 Å². The first-order valence-electron chi connectivity index (χ1n) is 11.3. The van der Waals surface area contributed by atoms with Gasteiger partial charge in [0.05, 0.1) is 17.6 Å². The van der Waals surface area contributed by atoms with Crippen LogP contribution in [0, 0.1) is 12.7 Å². The molecule has 8 heteroatoms. The molecule has 1 aliphatic rings. The van der Waals surface area contributed by atoms with Crippen LogP contribution in [0.25, 0.3) is 22.6 Å². The molecule has 0 saturated carbocycles. The molecule has 0 spiro atoms. The standard InChI is InChI=1S/C26H25FN6O/c1-19-15-22(29-17-21(19)27)23-16-24(20-7-3-2-4-8-20)33(30-23)18-26(34)32-13-11-31(12-14-32)25-9-5-6-10-28-25/h2-10,15-17H,11-14,18H2,1H3. The normalized spacial score (nSPS) is 13.8. The molecule has 1 aromatic carbocycles. The van der Waals surface area contributed by atoms with Crippen molar-refractivity contribution in [2.45, 2.75) is 13.5 Å². The Morgan fingerprint density at radius 3 is 2.41 bits per heavy atom. The van der Waals surface area contributed by atoms with Crippen molar-refractivity contribution in [1.82, 2.24) is 24.6 Å². The first kappa shape index (κ1) is 21.8. The molecule has 172 valence electrons. The number of carbonyl (C=O) groups excluding carboxylic acids is 1. The van der Waals surface area contributed by atoms with Crippen LogP contribution in [0.15, 0.2) is 73.1 Å². The number of hydrogen-bond donors (Lipinski definition) is 0. The molecule has 0 N–H and O–H groups in total. The van der Waals surface area contributed by atoms with Gasteiger partial charge in [0.2, 0.25) is 5.91 Å². The van der Waals surface area contributed by atoms with E-state index in [-0.39, 0.29) is 18.3 Å². The van der Waals surface area contributed by atoms with Crippen molar-refractivity contribution in [2.24, 2.45) is 0 Å². The highest BCUT2D eigenvalue weighted by atomic mass is 19.1. The van der Waals surface area contributed by atoms with E-state index in [1.165, 1.54) is 6.20 Å². The van der Waals surface area contributed by atoms with Crippen LogP contribution in [0.4, 0.5) is 10.2 Å². The fourth-order valence-corrected chi connectivity index (χ4v) is 4.14. The lowest BCUT2D eigenvalue weighted by molar-refractivity contribution is -0.132. The van der Waals surface area contributed by atoms with Crippen molar-refractivity contribution in [1.29, 1.82) is 0 Å². The topological polar surface area (TPSA) is 67.2 Å². The Labute approximate surface area is 197 Å². The Kier molecular flexibility index (Phi) is 6.03. The van der Waals surface area contributed by atoms with E-state index in [1.54, 1.807) is 23.9 Å². The van der Waals surface area contributed by atoms with Crippen molar-refractivity contribution in [3.8, 4) is 22.6 Å². The lowest BCUT2D eigenvalue weighted by Gasteiger charge is -2.35. The molecule has 7 nitrogen and oxygen atoms in total. The highest BCUT2D eigenvalue weighted by Crippen LogP contribution is 2.26. The number of amides is 1. The number of aryl methyl sites for hydroxylation is 1. The van der Waals surface area contributed by atoms with E-state index < -0.39 is 0 Å². The molecule has 3 aromatic heterocycles. The molecule has 0 radical (unpaired) electrons. The van der Waals surface area contributed by atoms with Gasteiger partial charge in [0.1, 0.15) is 23.9 Å². The minimum atomic E-state index is -0.355. The fraction of sp³-hybridized carbons (Fsp3) is 0.231. The summed E-state index contributed by atoms with van der Waals surface area (Å²) >= 11 is 0. The average molecular weight is 457 g/mol. The van der Waals surface area contributed by atoms with E-state index in [4.69, 9.17) is 0 Å². The molecule has 5 rings (SSSR count). The summed E-state index contributed by atoms with van der Waals surface area (Å²) in [7, 11) is 0. The van der Waals surface area contributed by atoms with Crippen LogP contribution in [0.1, 0.15) is 5.56 Å². The van der Waals surface area contributed by atoms with Crippen molar-refractivity contribution in [2.75, 3.05) is 31.1 Å². The summed E-state index contributed by atoms with van der Waals surface area (Å²) in [5.41, 5.74) is 3.45. The molecule has 0 bridgehead atoms. The van der Waals surface area contributed by atoms with Gasteiger partial charge in [-0.05, 0) is 42.3 Å². The van der Waals surface area contributed by atoms with Crippen LogP contribution in [0.2, 0.25) is 0 Å². The van der Waals surface area contributed by atoms with E-state index in [0.29, 0.717) is 30.0 Å². The molecule has 4 heterocycles. The molecule has 1 saturated heterocycles. The number of nitrogens with zero attached hydrogens (tertiary/aromatic N) is 6. The summed E-state index contributed by atoms with van der Waals surface area (Å²) in [6.45, 7) is 4.54. The van der Waals surface area contributed by atoms with Gasteiger partial charge in [-0.25, -0.2) is 9.37 Å². The Balaban J connectivity index is 1.36. The molecule has 1 fully saturated rings. The second-order valence-corrected chi connectivity index (χ2v) is 8.31. The third-order valence-electron chi connectivity index (χ3n) is 6.05. The second kappa shape index (κ2) is 9.43. The zero-order valence-electron chi connectivity index (χ0n) is 18.9. The smallest absolute Gasteiger partial charge is 0.244 e. The highest BCUT2D eigenvalue weighted by Gasteiger charge is 2.23. The summed E-state index contributed by atoms with van der Waals surface area (Å²) in [4.78, 5) is 25.9. The number of aromatic nitrogens is 4. The monoisotopic (exact) mass is 456 g/mol. The van der Waals surface area contributed by atoms with Gasteiger partial charge in [0.25, 0.3) is 0 Å². The first-order valence-corrected chi connectivity index (χ1v) is 11.3. The van der Waals surface area contributed by atoms with Gasteiger partial charge >= 0.3 is 0 Å². The van der Waals surface area contributed by atoms with Crippen LogP contribution in [-0.2, 0) is 11.3 Å². The Morgan fingerprint density at radius 1 is 0.941 bits per heavy atom. The minimum absolute atomic E-state index is 0.00995. The van der Waals surface area contributed by atoms with E-state index in [9.17, 15) is 9.18 Å². The predicted molar refractivity (Wildman–Crippen MR) is 129 cm³/mol. The van der Waals surface area contributed by atoms with Gasteiger partial charge in [-0.2, -0.15) is 5.10 Å². The number of carbonyl (C=O) groups is 1. The van der Waals surface area contributed by atoms with Gasteiger partial charge in [0.15, 0.2) is 0 Å². The number of benzene rings is 1. The van der Waals surface area contributed by atoms with Gasteiger partial charge in [0, 0.05) is 32.4 Å². The van der Waals surface area contributed by atoms with Crippen molar-refractivity contribution < 1.29 is 9.18 Å². The Hall–Kier alpha value is -4.07. The zero-order valence-corrected chi connectivity index (χ0v) is 18.9. The van der Waals surface area contributed by atoms with Crippen molar-refractivity contribution in [3.63, 3.8) is 0 Å². The van der Waals surface area contributed by atoms with E-state index >= 15 is 0 Å². The summed E-state index contributed by atoms with van der Waals surface area (Å²) in [5.74, 6) is 0.585. The maximum Gasteiger partial charge on any atom is 0.244 e. The number of halogens is 1. The molecular formula is C26H25FN6O. The van der Waals surface area contributed by atoms with Crippen LogP contribution in [0.5, 0.6) is 0 Å². The molecule has 0 atom stereocenters. The average Bonchev–Trinajstić information content (AvgIpc) is 3.30. The van der Waals surface area contributed by atoms with Crippen LogP contribution >= 0.6 is 0 Å². The third kappa shape index (κ3) is 4.52. The maximum atomic E-state index is 13.7. The Bertz CT molecular complexity index is 1280. The largest absolute Gasteiger partial charge is 0.353 e. The second-order valence-electron chi connectivity index (χ2n) is 8.31. The minimum Gasteiger partial charge on any atom is -0.353 e. The van der Waals surface area contributed by atoms with Crippen molar-refractivity contribution >= 4 is 11.7 Å². The van der Waals surface area contributed by atoms with Gasteiger partial charge in [-0.3, -0.25) is 14.5 Å². The number of piperazine rings is 1. The molecule has 34 heavy (non-hydrogen) atoms. The number of rotatable bonds is 5. The van der Waals surface area contributed by atoms with Crippen molar-refractivity contribution in [3.05, 3.63) is 84.4 Å². The molecule has 0 aliphatic carbocycles. The van der Waals surface area contributed by atoms with Gasteiger partial charge in [-0.1, -0.05) is 36.4 Å². The zero-order chi connectivity index (χ0) is 23.5. The van der Waals surface area contributed by atoms with E-state index in [2.05, 4.69) is 20.0 Å². The fourth-order valence-electron chi connectivity index (χ4n) is 4.14. The van der Waals surface area contributed by atoms with E-state index in [0.717, 1.165) is 30.2 Å². The number of anilines is 1. The number of pyridine rings is 2. The van der Waals surface area contributed by atoms with E-state index in [1.807, 2.05) is 59.5 Å².